The Morgan fingerprint density at radius 1 is 1.03 bits per heavy atom. The van der Waals surface area contributed by atoms with Gasteiger partial charge in [0.15, 0.2) is 5.82 Å². The summed E-state index contributed by atoms with van der Waals surface area (Å²) >= 11 is 1.28. The summed E-state index contributed by atoms with van der Waals surface area (Å²) in [6.45, 7) is 3.44. The number of likely N-dealkylation sites (tertiary alicyclic amines) is 1. The van der Waals surface area contributed by atoms with Crippen molar-refractivity contribution in [2.45, 2.75) is 32.1 Å². The molecule has 1 aliphatic heterocycles. The predicted molar refractivity (Wildman–Crippen MR) is 119 cm³/mol. The lowest BCUT2D eigenvalue weighted by Gasteiger charge is -2.23. The van der Waals surface area contributed by atoms with E-state index in [0.717, 1.165) is 30.1 Å². The van der Waals surface area contributed by atoms with Crippen LogP contribution in [-0.2, 0) is 19.3 Å². The molecule has 12 heteroatoms. The predicted octanol–water partition coefficient (Wildman–Crippen LogP) is 4.94. The molecule has 0 aliphatic carbocycles. The van der Waals surface area contributed by atoms with E-state index in [0.29, 0.717) is 23.1 Å². The van der Waals surface area contributed by atoms with Crippen LogP contribution in [0, 0.1) is 0 Å². The van der Waals surface area contributed by atoms with Crippen molar-refractivity contribution in [2.24, 2.45) is 0 Å². The summed E-state index contributed by atoms with van der Waals surface area (Å²) in [7, 11) is 0. The van der Waals surface area contributed by atoms with E-state index >= 15 is 0 Å². The molecule has 34 heavy (non-hydrogen) atoms. The minimum atomic E-state index is -4.68. The van der Waals surface area contributed by atoms with E-state index in [2.05, 4.69) is 34.5 Å². The summed E-state index contributed by atoms with van der Waals surface area (Å²) in [5.41, 5.74) is 1.15. The van der Waals surface area contributed by atoms with Gasteiger partial charge in [-0.3, -0.25) is 9.88 Å². The second-order valence-electron chi connectivity index (χ2n) is 7.84. The van der Waals surface area contributed by atoms with Gasteiger partial charge in [-0.05, 0) is 55.8 Å². The first-order valence-electron chi connectivity index (χ1n) is 10.7. The first-order valence-corrected chi connectivity index (χ1v) is 11.5. The molecule has 1 saturated heterocycles. The highest BCUT2D eigenvalue weighted by Crippen LogP contribution is 2.33. The maximum Gasteiger partial charge on any atom is 0.471 e. The van der Waals surface area contributed by atoms with Gasteiger partial charge in [-0.25, -0.2) is 9.97 Å². The van der Waals surface area contributed by atoms with Crippen LogP contribution in [0.5, 0.6) is 0 Å². The smallest absolute Gasteiger partial charge is 0.329 e. The van der Waals surface area contributed by atoms with Crippen molar-refractivity contribution in [3.05, 3.63) is 65.4 Å². The van der Waals surface area contributed by atoms with Gasteiger partial charge in [-0.2, -0.15) is 18.2 Å². The number of aromatic nitrogens is 5. The molecule has 0 unspecified atom stereocenters. The van der Waals surface area contributed by atoms with Crippen LogP contribution in [0.15, 0.2) is 53.6 Å². The van der Waals surface area contributed by atoms with E-state index in [1.807, 2.05) is 23.1 Å². The molecule has 0 radical (unpaired) electrons. The van der Waals surface area contributed by atoms with E-state index in [1.54, 1.807) is 30.9 Å². The molecule has 0 amide bonds. The number of pyridine rings is 1. The highest BCUT2D eigenvalue weighted by Gasteiger charge is 2.38. The molecule has 4 aromatic heterocycles. The Morgan fingerprint density at radius 3 is 2.59 bits per heavy atom. The molecule has 0 N–H and O–H groups in total. The molecule has 1 fully saturated rings. The fourth-order valence-electron chi connectivity index (χ4n) is 3.79. The van der Waals surface area contributed by atoms with Crippen LogP contribution < -0.4 is 4.90 Å². The third kappa shape index (κ3) is 5.07. The molecule has 0 atom stereocenters. The molecular formula is C22H20F3N7OS. The quantitative estimate of drug-likeness (QED) is 0.363. The van der Waals surface area contributed by atoms with Gasteiger partial charge in [0, 0.05) is 30.0 Å². The number of anilines is 2. The summed E-state index contributed by atoms with van der Waals surface area (Å²) in [6, 6.07) is 7.54. The SMILES string of the molecule is FC(F)(F)c1nc(-c2ccc(CN(c3cnccn3)c3cc(CN4CCCC4)ccn3)s2)no1. The number of hydrogen-bond donors (Lipinski definition) is 0. The largest absolute Gasteiger partial charge is 0.471 e. The minimum absolute atomic E-state index is 0.0969. The fraction of sp³-hybridized carbons (Fsp3) is 0.318. The Morgan fingerprint density at radius 2 is 1.85 bits per heavy atom. The first kappa shape index (κ1) is 22.4. The summed E-state index contributed by atoms with van der Waals surface area (Å²) in [4.78, 5) is 22.3. The number of halogens is 3. The standard InChI is InChI=1S/C22H20F3N7OS/c23-22(24,25)21-29-20(30-33-21)17-4-3-16(34-17)14-32(19-12-26-7-8-28-19)18-11-15(5-6-27-18)13-31-9-1-2-10-31/h3-8,11-12H,1-2,9-10,13-14H2. The van der Waals surface area contributed by atoms with E-state index in [9.17, 15) is 13.2 Å². The van der Waals surface area contributed by atoms with Gasteiger partial charge in [0.05, 0.1) is 17.6 Å². The Kier molecular flexibility index (Phi) is 6.24. The first-order chi connectivity index (χ1) is 16.5. The molecule has 176 valence electrons. The molecule has 5 heterocycles. The summed E-state index contributed by atoms with van der Waals surface area (Å²) < 4.78 is 42.8. The highest BCUT2D eigenvalue weighted by molar-refractivity contribution is 7.15. The van der Waals surface area contributed by atoms with E-state index in [4.69, 9.17) is 0 Å². The zero-order chi connectivity index (χ0) is 23.5. The van der Waals surface area contributed by atoms with Gasteiger partial charge in [0.1, 0.15) is 5.82 Å². The Balaban J connectivity index is 1.40. The van der Waals surface area contributed by atoms with Gasteiger partial charge in [0.25, 0.3) is 0 Å². The molecule has 0 saturated carbocycles. The van der Waals surface area contributed by atoms with Crippen molar-refractivity contribution >= 4 is 23.0 Å². The molecule has 5 rings (SSSR count). The Hall–Kier alpha value is -3.38. The van der Waals surface area contributed by atoms with E-state index in [-0.39, 0.29) is 5.82 Å². The van der Waals surface area contributed by atoms with Crippen molar-refractivity contribution in [1.29, 1.82) is 0 Å². The van der Waals surface area contributed by atoms with Gasteiger partial charge in [-0.15, -0.1) is 11.3 Å². The van der Waals surface area contributed by atoms with Crippen molar-refractivity contribution in [2.75, 3.05) is 18.0 Å². The van der Waals surface area contributed by atoms with E-state index < -0.39 is 12.1 Å². The number of alkyl halides is 3. The normalized spacial score (nSPS) is 14.6. The van der Waals surface area contributed by atoms with Gasteiger partial charge >= 0.3 is 12.1 Å². The molecule has 8 nitrogen and oxygen atoms in total. The number of rotatable bonds is 7. The Bertz CT molecular complexity index is 1240. The third-order valence-corrected chi connectivity index (χ3v) is 6.45. The van der Waals surface area contributed by atoms with Crippen molar-refractivity contribution < 1.29 is 17.7 Å². The highest BCUT2D eigenvalue weighted by atomic mass is 32.1. The van der Waals surface area contributed by atoms with Crippen LogP contribution in [0.25, 0.3) is 10.7 Å². The average molecular weight is 488 g/mol. The Labute approximate surface area is 197 Å². The van der Waals surface area contributed by atoms with Crippen LogP contribution in [0.1, 0.15) is 29.2 Å². The molecule has 0 spiro atoms. The minimum Gasteiger partial charge on any atom is -0.329 e. The maximum absolute atomic E-state index is 12.8. The van der Waals surface area contributed by atoms with Crippen LogP contribution in [0.4, 0.5) is 24.8 Å². The summed E-state index contributed by atoms with van der Waals surface area (Å²) in [5, 5.41) is 3.47. The average Bonchev–Trinajstić information content (AvgIpc) is 3.59. The second kappa shape index (κ2) is 9.47. The van der Waals surface area contributed by atoms with Crippen LogP contribution in [-0.4, -0.2) is 43.1 Å². The van der Waals surface area contributed by atoms with Crippen LogP contribution in [0.2, 0.25) is 0 Å². The fourth-order valence-corrected chi connectivity index (χ4v) is 4.72. The lowest BCUT2D eigenvalue weighted by molar-refractivity contribution is -0.159. The van der Waals surface area contributed by atoms with Gasteiger partial charge < -0.3 is 9.42 Å². The molecular weight excluding hydrogens is 467 g/mol. The van der Waals surface area contributed by atoms with E-state index in [1.165, 1.54) is 24.2 Å². The molecule has 1 aliphatic rings. The lowest BCUT2D eigenvalue weighted by atomic mass is 10.2. The topological polar surface area (TPSA) is 84.1 Å². The van der Waals surface area contributed by atoms with Crippen LogP contribution >= 0.6 is 11.3 Å². The molecule has 0 aromatic carbocycles. The van der Waals surface area contributed by atoms with Crippen molar-refractivity contribution in [3.63, 3.8) is 0 Å². The third-order valence-electron chi connectivity index (χ3n) is 5.38. The zero-order valence-electron chi connectivity index (χ0n) is 17.9. The van der Waals surface area contributed by atoms with Crippen LogP contribution in [0.3, 0.4) is 0 Å². The summed E-state index contributed by atoms with van der Waals surface area (Å²) in [6.07, 6.45) is 4.38. The molecule has 0 bridgehead atoms. The second-order valence-corrected chi connectivity index (χ2v) is 9.01. The number of thiophene rings is 1. The lowest BCUT2D eigenvalue weighted by Crippen LogP contribution is -2.21. The van der Waals surface area contributed by atoms with Crippen molar-refractivity contribution in [1.82, 2.24) is 30.0 Å². The molecule has 4 aromatic rings. The summed E-state index contributed by atoms with van der Waals surface area (Å²) in [5.74, 6) is -0.133. The zero-order valence-corrected chi connectivity index (χ0v) is 18.8. The number of hydrogen-bond acceptors (Lipinski definition) is 9. The van der Waals surface area contributed by atoms with Crippen molar-refractivity contribution in [3.8, 4) is 10.7 Å². The van der Waals surface area contributed by atoms with Gasteiger partial charge in [0.2, 0.25) is 5.82 Å². The monoisotopic (exact) mass is 487 g/mol. The maximum atomic E-state index is 12.8. The number of nitrogens with zero attached hydrogens (tertiary/aromatic N) is 7. The van der Waals surface area contributed by atoms with Gasteiger partial charge in [-0.1, -0.05) is 5.16 Å².